The van der Waals surface area contributed by atoms with Crippen molar-refractivity contribution in [1.82, 2.24) is 15.1 Å². The molecule has 6 nitrogen and oxygen atoms in total. The summed E-state index contributed by atoms with van der Waals surface area (Å²) in [5.74, 6) is -0.231. The quantitative estimate of drug-likeness (QED) is 0.836. The lowest BCUT2D eigenvalue weighted by Crippen LogP contribution is -2.43. The molecule has 118 valence electrons. The van der Waals surface area contributed by atoms with Gasteiger partial charge in [-0.2, -0.15) is 5.10 Å². The largest absolute Gasteiger partial charge is 0.383 e. The number of rotatable bonds is 6. The van der Waals surface area contributed by atoms with E-state index in [1.165, 1.54) is 7.11 Å². The standard InChI is InChI=1S/C16H22N4O2/c1-11-8-12(2)20(19-11)15-7-5-4-6-13(15)9-18-16(21)14(17)10-22-3/h4-8,14H,9-10,17H2,1-3H3,(H,18,21). The maximum absolute atomic E-state index is 11.9. The Bertz CT molecular complexity index is 651. The van der Waals surface area contributed by atoms with Gasteiger partial charge < -0.3 is 15.8 Å². The van der Waals surface area contributed by atoms with Crippen molar-refractivity contribution < 1.29 is 9.53 Å². The van der Waals surface area contributed by atoms with Gasteiger partial charge in [0.05, 0.1) is 18.0 Å². The lowest BCUT2D eigenvalue weighted by Gasteiger charge is -2.14. The summed E-state index contributed by atoms with van der Waals surface area (Å²) < 4.78 is 6.77. The highest BCUT2D eigenvalue weighted by atomic mass is 16.5. The van der Waals surface area contributed by atoms with E-state index in [9.17, 15) is 4.79 Å². The fourth-order valence-corrected chi connectivity index (χ4v) is 2.31. The van der Waals surface area contributed by atoms with Crippen LogP contribution in [0.15, 0.2) is 30.3 Å². The third kappa shape index (κ3) is 3.72. The van der Waals surface area contributed by atoms with Crippen LogP contribution in [0.1, 0.15) is 17.0 Å². The molecule has 1 aromatic carbocycles. The first kappa shape index (κ1) is 16.2. The average Bonchev–Trinajstić information content (AvgIpc) is 2.84. The van der Waals surface area contributed by atoms with Gasteiger partial charge in [-0.15, -0.1) is 0 Å². The van der Waals surface area contributed by atoms with Gasteiger partial charge in [0, 0.05) is 19.3 Å². The number of methoxy groups -OCH3 is 1. The van der Waals surface area contributed by atoms with E-state index in [1.807, 2.05) is 48.9 Å². The first-order valence-electron chi connectivity index (χ1n) is 7.16. The summed E-state index contributed by atoms with van der Waals surface area (Å²) in [6.45, 7) is 4.55. The summed E-state index contributed by atoms with van der Waals surface area (Å²) in [7, 11) is 1.52. The molecule has 3 N–H and O–H groups in total. The van der Waals surface area contributed by atoms with Gasteiger partial charge in [-0.1, -0.05) is 18.2 Å². The second-order valence-corrected chi connectivity index (χ2v) is 5.25. The minimum atomic E-state index is -0.661. The van der Waals surface area contributed by atoms with Crippen molar-refractivity contribution in [3.05, 3.63) is 47.3 Å². The molecule has 1 heterocycles. The van der Waals surface area contributed by atoms with E-state index in [-0.39, 0.29) is 12.5 Å². The normalized spacial score (nSPS) is 12.2. The second kappa shape index (κ2) is 7.20. The molecule has 0 radical (unpaired) electrons. The minimum Gasteiger partial charge on any atom is -0.383 e. The topological polar surface area (TPSA) is 82.2 Å². The Labute approximate surface area is 130 Å². The number of benzene rings is 1. The predicted molar refractivity (Wildman–Crippen MR) is 84.7 cm³/mol. The van der Waals surface area contributed by atoms with Crippen LogP contribution in [0.2, 0.25) is 0 Å². The summed E-state index contributed by atoms with van der Waals surface area (Å²) in [5, 5.41) is 7.33. The Kier molecular flexibility index (Phi) is 5.30. The molecule has 1 unspecified atom stereocenters. The highest BCUT2D eigenvalue weighted by Crippen LogP contribution is 2.16. The fraction of sp³-hybridized carbons (Fsp3) is 0.375. The van der Waals surface area contributed by atoms with E-state index in [2.05, 4.69) is 10.4 Å². The molecule has 1 atom stereocenters. The maximum atomic E-state index is 11.9. The Morgan fingerprint density at radius 3 is 2.77 bits per heavy atom. The molecule has 2 aromatic rings. The number of carbonyl (C=O) groups excluding carboxylic acids is 1. The average molecular weight is 302 g/mol. The number of nitrogens with one attached hydrogen (secondary N) is 1. The smallest absolute Gasteiger partial charge is 0.239 e. The van der Waals surface area contributed by atoms with Gasteiger partial charge in [0.2, 0.25) is 5.91 Å². The number of hydrogen-bond donors (Lipinski definition) is 2. The molecule has 0 spiro atoms. The zero-order chi connectivity index (χ0) is 16.1. The second-order valence-electron chi connectivity index (χ2n) is 5.25. The first-order chi connectivity index (χ1) is 10.5. The third-order valence-electron chi connectivity index (χ3n) is 3.37. The van der Waals surface area contributed by atoms with Gasteiger partial charge in [0.1, 0.15) is 6.04 Å². The SMILES string of the molecule is COCC(N)C(=O)NCc1ccccc1-n1nc(C)cc1C. The Morgan fingerprint density at radius 2 is 2.14 bits per heavy atom. The zero-order valence-electron chi connectivity index (χ0n) is 13.2. The third-order valence-corrected chi connectivity index (χ3v) is 3.37. The number of aryl methyl sites for hydroxylation is 2. The Balaban J connectivity index is 2.16. The summed E-state index contributed by atoms with van der Waals surface area (Å²) >= 11 is 0. The van der Waals surface area contributed by atoms with Crippen LogP contribution in [0.5, 0.6) is 0 Å². The van der Waals surface area contributed by atoms with E-state index in [0.29, 0.717) is 6.54 Å². The van der Waals surface area contributed by atoms with Crippen LogP contribution >= 0.6 is 0 Å². The molecule has 2 rings (SSSR count). The molecule has 22 heavy (non-hydrogen) atoms. The molecule has 1 aromatic heterocycles. The van der Waals surface area contributed by atoms with Crippen LogP contribution in [-0.4, -0.2) is 35.4 Å². The van der Waals surface area contributed by atoms with Crippen molar-refractivity contribution in [2.24, 2.45) is 5.73 Å². The van der Waals surface area contributed by atoms with Crippen molar-refractivity contribution in [3.8, 4) is 5.69 Å². The van der Waals surface area contributed by atoms with Crippen LogP contribution in [0.3, 0.4) is 0 Å². The van der Waals surface area contributed by atoms with Gasteiger partial charge in [-0.3, -0.25) is 4.79 Å². The molecule has 0 fully saturated rings. The number of amides is 1. The molecule has 1 amide bonds. The summed E-state index contributed by atoms with van der Waals surface area (Å²) in [6, 6.07) is 9.19. The van der Waals surface area contributed by atoms with E-state index in [0.717, 1.165) is 22.6 Å². The van der Waals surface area contributed by atoms with Gasteiger partial charge >= 0.3 is 0 Å². The number of nitrogens with two attached hydrogens (primary N) is 1. The van der Waals surface area contributed by atoms with Crippen molar-refractivity contribution in [2.45, 2.75) is 26.4 Å². The van der Waals surface area contributed by atoms with Crippen LogP contribution < -0.4 is 11.1 Å². The molecule has 0 bridgehead atoms. The van der Waals surface area contributed by atoms with Crippen LogP contribution in [-0.2, 0) is 16.1 Å². The molecule has 0 aliphatic carbocycles. The number of ether oxygens (including phenoxy) is 1. The highest BCUT2D eigenvalue weighted by Gasteiger charge is 2.14. The molecule has 0 saturated carbocycles. The van der Waals surface area contributed by atoms with Gasteiger partial charge in [-0.05, 0) is 31.5 Å². The lowest BCUT2D eigenvalue weighted by atomic mass is 10.1. The van der Waals surface area contributed by atoms with E-state index in [1.54, 1.807) is 0 Å². The summed E-state index contributed by atoms with van der Waals surface area (Å²) in [6.07, 6.45) is 0. The summed E-state index contributed by atoms with van der Waals surface area (Å²) in [4.78, 5) is 11.9. The first-order valence-corrected chi connectivity index (χ1v) is 7.16. The summed E-state index contributed by atoms with van der Waals surface area (Å²) in [5.41, 5.74) is 9.65. The fourth-order valence-electron chi connectivity index (χ4n) is 2.31. The van der Waals surface area contributed by atoms with Gasteiger partial charge in [-0.25, -0.2) is 4.68 Å². The van der Waals surface area contributed by atoms with Crippen molar-refractivity contribution in [1.29, 1.82) is 0 Å². The molecule has 0 aliphatic rings. The molecular formula is C16H22N4O2. The molecule has 0 aliphatic heterocycles. The van der Waals surface area contributed by atoms with Gasteiger partial charge in [0.15, 0.2) is 0 Å². The Morgan fingerprint density at radius 1 is 1.41 bits per heavy atom. The molecule has 6 heteroatoms. The lowest BCUT2D eigenvalue weighted by molar-refractivity contribution is -0.123. The number of carbonyl (C=O) groups is 1. The number of nitrogens with zero attached hydrogens (tertiary/aromatic N) is 2. The van der Waals surface area contributed by atoms with Gasteiger partial charge in [0.25, 0.3) is 0 Å². The molecular weight excluding hydrogens is 280 g/mol. The number of hydrogen-bond acceptors (Lipinski definition) is 4. The Hall–Kier alpha value is -2.18. The zero-order valence-corrected chi connectivity index (χ0v) is 13.2. The van der Waals surface area contributed by atoms with E-state index < -0.39 is 6.04 Å². The van der Waals surface area contributed by atoms with Crippen molar-refractivity contribution in [3.63, 3.8) is 0 Å². The van der Waals surface area contributed by atoms with E-state index in [4.69, 9.17) is 10.5 Å². The molecule has 0 saturated heterocycles. The van der Waals surface area contributed by atoms with Crippen molar-refractivity contribution in [2.75, 3.05) is 13.7 Å². The minimum absolute atomic E-state index is 0.199. The number of para-hydroxylation sites is 1. The van der Waals surface area contributed by atoms with Crippen molar-refractivity contribution >= 4 is 5.91 Å². The van der Waals surface area contributed by atoms with Crippen LogP contribution in [0.4, 0.5) is 0 Å². The van der Waals surface area contributed by atoms with Crippen LogP contribution in [0.25, 0.3) is 5.69 Å². The van der Waals surface area contributed by atoms with E-state index >= 15 is 0 Å². The van der Waals surface area contributed by atoms with Crippen LogP contribution in [0, 0.1) is 13.8 Å². The highest BCUT2D eigenvalue weighted by molar-refractivity contribution is 5.81. The predicted octanol–water partition coefficient (Wildman–Crippen LogP) is 1.08. The maximum Gasteiger partial charge on any atom is 0.239 e. The number of aromatic nitrogens is 2. The monoisotopic (exact) mass is 302 g/mol.